The topological polar surface area (TPSA) is 83.0 Å². The molecule has 1 aliphatic rings. The molecule has 162 valence electrons. The largest absolute Gasteiger partial charge is 0.416 e. The standard InChI is InChI=1S/C20H19F3N6OS/c1-11-8-9-24-16-7-6-15(13-4-3-5-14(10-13)20(21,22)23)25-17(16)29(11)19(30)26-18-28-27-12(2)31-18/h3-7,10-11,24H,8-9H2,1-2H3,(H,26,28,30)/t11-/m1/s1. The van der Waals surface area contributed by atoms with Crippen LogP contribution in [-0.2, 0) is 6.18 Å². The maximum atomic E-state index is 13.1. The van der Waals surface area contributed by atoms with Crippen LogP contribution in [0.2, 0.25) is 0 Å². The number of carbonyl (C=O) groups excluding carboxylic acids is 1. The van der Waals surface area contributed by atoms with Crippen molar-refractivity contribution in [2.75, 3.05) is 22.1 Å². The van der Waals surface area contributed by atoms with Crippen molar-refractivity contribution in [3.8, 4) is 11.3 Å². The van der Waals surface area contributed by atoms with Gasteiger partial charge in [0.15, 0.2) is 5.82 Å². The number of aryl methyl sites for hydroxylation is 1. The fourth-order valence-corrected chi connectivity index (χ4v) is 3.92. The lowest BCUT2D eigenvalue weighted by molar-refractivity contribution is -0.137. The molecule has 2 N–H and O–H groups in total. The van der Waals surface area contributed by atoms with E-state index in [9.17, 15) is 18.0 Å². The second-order valence-electron chi connectivity index (χ2n) is 7.14. The third kappa shape index (κ3) is 4.46. The summed E-state index contributed by atoms with van der Waals surface area (Å²) < 4.78 is 39.4. The molecule has 0 aliphatic carbocycles. The van der Waals surface area contributed by atoms with Gasteiger partial charge in [0, 0.05) is 18.2 Å². The summed E-state index contributed by atoms with van der Waals surface area (Å²) in [5.74, 6) is 0.346. The first-order valence-electron chi connectivity index (χ1n) is 9.55. The number of halogens is 3. The molecule has 0 spiro atoms. The Morgan fingerprint density at radius 1 is 1.26 bits per heavy atom. The van der Waals surface area contributed by atoms with Gasteiger partial charge >= 0.3 is 12.2 Å². The Bertz CT molecular complexity index is 1120. The smallest absolute Gasteiger partial charge is 0.382 e. The number of hydrogen-bond acceptors (Lipinski definition) is 6. The van der Waals surface area contributed by atoms with Gasteiger partial charge in [-0.25, -0.2) is 9.78 Å². The Kier molecular flexibility index (Phi) is 5.52. The number of hydrogen-bond donors (Lipinski definition) is 2. The number of fused-ring (bicyclic) bond motifs is 1. The van der Waals surface area contributed by atoms with Gasteiger partial charge in [-0.15, -0.1) is 10.2 Å². The number of rotatable bonds is 2. The van der Waals surface area contributed by atoms with Crippen LogP contribution in [0, 0.1) is 6.92 Å². The zero-order chi connectivity index (χ0) is 22.2. The molecule has 0 fully saturated rings. The summed E-state index contributed by atoms with van der Waals surface area (Å²) >= 11 is 1.25. The summed E-state index contributed by atoms with van der Waals surface area (Å²) in [6.07, 6.45) is -3.79. The van der Waals surface area contributed by atoms with Crippen LogP contribution in [0.3, 0.4) is 0 Å². The Hall–Kier alpha value is -3.21. The molecule has 0 saturated carbocycles. The van der Waals surface area contributed by atoms with Crippen LogP contribution in [0.1, 0.15) is 23.9 Å². The molecular formula is C20H19F3N6OS. The van der Waals surface area contributed by atoms with E-state index in [1.54, 1.807) is 25.1 Å². The van der Waals surface area contributed by atoms with E-state index < -0.39 is 17.8 Å². The van der Waals surface area contributed by atoms with Crippen LogP contribution < -0.4 is 15.5 Å². The molecule has 0 saturated heterocycles. The van der Waals surface area contributed by atoms with Crippen LogP contribution in [0.5, 0.6) is 0 Å². The molecule has 2 amide bonds. The van der Waals surface area contributed by atoms with Crippen molar-refractivity contribution in [1.29, 1.82) is 0 Å². The number of nitrogens with one attached hydrogen (secondary N) is 2. The minimum atomic E-state index is -4.45. The van der Waals surface area contributed by atoms with Gasteiger partial charge in [0.1, 0.15) is 5.01 Å². The van der Waals surface area contributed by atoms with Crippen molar-refractivity contribution < 1.29 is 18.0 Å². The summed E-state index contributed by atoms with van der Waals surface area (Å²) in [4.78, 5) is 19.1. The Morgan fingerprint density at radius 3 is 2.77 bits per heavy atom. The highest BCUT2D eigenvalue weighted by Crippen LogP contribution is 2.35. The van der Waals surface area contributed by atoms with E-state index in [0.717, 1.165) is 12.1 Å². The molecule has 3 heterocycles. The number of anilines is 3. The number of urea groups is 1. The number of benzene rings is 1. The van der Waals surface area contributed by atoms with Crippen molar-refractivity contribution in [3.63, 3.8) is 0 Å². The highest BCUT2D eigenvalue weighted by molar-refractivity contribution is 7.15. The molecule has 0 radical (unpaired) electrons. The highest BCUT2D eigenvalue weighted by Gasteiger charge is 2.31. The molecule has 1 aliphatic heterocycles. The number of pyridine rings is 1. The molecule has 7 nitrogen and oxygen atoms in total. The van der Waals surface area contributed by atoms with Crippen molar-refractivity contribution in [3.05, 3.63) is 47.0 Å². The monoisotopic (exact) mass is 448 g/mol. The average molecular weight is 448 g/mol. The normalized spacial score (nSPS) is 16.3. The number of carbonyl (C=O) groups is 1. The number of aromatic nitrogens is 3. The van der Waals surface area contributed by atoms with Crippen LogP contribution in [-0.4, -0.2) is 33.8 Å². The van der Waals surface area contributed by atoms with Gasteiger partial charge in [-0.05, 0) is 44.5 Å². The zero-order valence-corrected chi connectivity index (χ0v) is 17.5. The van der Waals surface area contributed by atoms with Gasteiger partial charge in [-0.3, -0.25) is 10.2 Å². The summed E-state index contributed by atoms with van der Waals surface area (Å²) in [5, 5.41) is 14.9. The lowest BCUT2D eigenvalue weighted by atomic mass is 10.1. The van der Waals surface area contributed by atoms with Gasteiger partial charge in [-0.2, -0.15) is 13.2 Å². The Labute approximate surface area is 180 Å². The van der Waals surface area contributed by atoms with E-state index in [2.05, 4.69) is 25.8 Å². The molecule has 2 aromatic heterocycles. The lowest BCUT2D eigenvalue weighted by Crippen LogP contribution is -2.42. The van der Waals surface area contributed by atoms with Crippen molar-refractivity contribution in [2.24, 2.45) is 0 Å². The molecule has 3 aromatic rings. The predicted molar refractivity (Wildman–Crippen MR) is 113 cm³/mol. The number of amides is 2. The van der Waals surface area contributed by atoms with Gasteiger partial charge in [0.2, 0.25) is 5.13 Å². The minimum absolute atomic E-state index is 0.202. The third-order valence-electron chi connectivity index (χ3n) is 4.87. The Morgan fingerprint density at radius 2 is 2.06 bits per heavy atom. The first-order valence-corrected chi connectivity index (χ1v) is 10.4. The van der Waals surface area contributed by atoms with E-state index in [-0.39, 0.29) is 6.04 Å². The molecule has 31 heavy (non-hydrogen) atoms. The molecule has 1 atom stereocenters. The minimum Gasteiger partial charge on any atom is -0.382 e. The predicted octanol–water partition coefficient (Wildman–Crippen LogP) is 5.17. The molecular weight excluding hydrogens is 429 g/mol. The van der Waals surface area contributed by atoms with E-state index >= 15 is 0 Å². The molecule has 0 unspecified atom stereocenters. The van der Waals surface area contributed by atoms with Crippen LogP contribution >= 0.6 is 11.3 Å². The molecule has 0 bridgehead atoms. The van der Waals surface area contributed by atoms with Gasteiger partial charge in [-0.1, -0.05) is 23.5 Å². The van der Waals surface area contributed by atoms with Gasteiger partial charge < -0.3 is 5.32 Å². The molecule has 1 aromatic carbocycles. The Balaban J connectivity index is 1.73. The van der Waals surface area contributed by atoms with E-state index in [1.165, 1.54) is 22.3 Å². The summed E-state index contributed by atoms with van der Waals surface area (Å²) in [6.45, 7) is 4.30. The highest BCUT2D eigenvalue weighted by atomic mass is 32.1. The van der Waals surface area contributed by atoms with Crippen LogP contribution in [0.4, 0.5) is 34.6 Å². The van der Waals surface area contributed by atoms with Gasteiger partial charge in [0.25, 0.3) is 0 Å². The summed E-state index contributed by atoms with van der Waals surface area (Å²) in [5.41, 5.74) is 0.526. The quantitative estimate of drug-likeness (QED) is 0.565. The van der Waals surface area contributed by atoms with Gasteiger partial charge in [0.05, 0.1) is 16.9 Å². The second kappa shape index (κ2) is 8.14. The molecule has 4 rings (SSSR count). The first kappa shape index (κ1) is 21.0. The third-order valence-corrected chi connectivity index (χ3v) is 5.62. The van der Waals surface area contributed by atoms with E-state index in [1.807, 2.05) is 6.92 Å². The van der Waals surface area contributed by atoms with Crippen LogP contribution in [0.25, 0.3) is 11.3 Å². The second-order valence-corrected chi connectivity index (χ2v) is 8.32. The first-order chi connectivity index (χ1) is 14.7. The van der Waals surface area contributed by atoms with Crippen LogP contribution in [0.15, 0.2) is 36.4 Å². The van der Waals surface area contributed by atoms with E-state index in [0.29, 0.717) is 45.9 Å². The van der Waals surface area contributed by atoms with Crippen molar-refractivity contribution in [2.45, 2.75) is 32.5 Å². The van der Waals surface area contributed by atoms with E-state index in [4.69, 9.17) is 0 Å². The number of alkyl halides is 3. The summed E-state index contributed by atoms with van der Waals surface area (Å²) in [7, 11) is 0. The average Bonchev–Trinajstić information content (AvgIpc) is 3.04. The zero-order valence-electron chi connectivity index (χ0n) is 16.7. The fraction of sp³-hybridized carbons (Fsp3) is 0.300. The fourth-order valence-electron chi connectivity index (χ4n) is 3.33. The molecule has 11 heteroatoms. The summed E-state index contributed by atoms with van der Waals surface area (Å²) in [6, 6.07) is 7.71. The maximum Gasteiger partial charge on any atom is 0.416 e. The van der Waals surface area contributed by atoms with Crippen molar-refractivity contribution in [1.82, 2.24) is 15.2 Å². The maximum absolute atomic E-state index is 13.1. The SMILES string of the molecule is Cc1nnc(NC(=O)N2c3nc(-c4cccc(C(F)(F)F)c4)ccc3NCC[C@H]2C)s1. The lowest BCUT2D eigenvalue weighted by Gasteiger charge is -2.27. The number of nitrogens with zero attached hydrogens (tertiary/aromatic N) is 4. The van der Waals surface area contributed by atoms with Crippen molar-refractivity contribution >= 4 is 34.0 Å².